The van der Waals surface area contributed by atoms with Gasteiger partial charge in [-0.15, -0.1) is 0 Å². The third-order valence-electron chi connectivity index (χ3n) is 3.80. The molecule has 0 spiro atoms. The zero-order valence-corrected chi connectivity index (χ0v) is 11.6. The Labute approximate surface area is 115 Å². The number of rotatable bonds is 6. The van der Waals surface area contributed by atoms with E-state index in [9.17, 15) is 9.90 Å². The van der Waals surface area contributed by atoms with E-state index in [-0.39, 0.29) is 12.0 Å². The van der Waals surface area contributed by atoms with Crippen molar-refractivity contribution in [3.05, 3.63) is 35.4 Å². The molecule has 0 saturated heterocycles. The largest absolute Gasteiger partial charge is 0.393 e. The first kappa shape index (κ1) is 14.1. The summed E-state index contributed by atoms with van der Waals surface area (Å²) in [6, 6.07) is 7.88. The number of nitrogens with one attached hydrogen (secondary N) is 1. The Morgan fingerprint density at radius 3 is 2.58 bits per heavy atom. The topological polar surface area (TPSA) is 49.3 Å². The molecular weight excluding hydrogens is 238 g/mol. The molecule has 1 aromatic rings. The van der Waals surface area contributed by atoms with E-state index in [1.807, 2.05) is 24.3 Å². The Hall–Kier alpha value is -1.35. The minimum absolute atomic E-state index is 0.0107. The number of hydrogen-bond donors (Lipinski definition) is 2. The van der Waals surface area contributed by atoms with Crippen LogP contribution in [0.15, 0.2) is 24.3 Å². The van der Waals surface area contributed by atoms with E-state index >= 15 is 0 Å². The maximum absolute atomic E-state index is 11.9. The predicted octanol–water partition coefficient (Wildman–Crippen LogP) is 2.53. The molecule has 19 heavy (non-hydrogen) atoms. The third kappa shape index (κ3) is 4.06. The quantitative estimate of drug-likeness (QED) is 0.826. The van der Waals surface area contributed by atoms with E-state index in [0.717, 1.165) is 24.8 Å². The zero-order chi connectivity index (χ0) is 13.7. The number of amides is 1. The molecular formula is C16H23NO2. The van der Waals surface area contributed by atoms with Gasteiger partial charge in [-0.1, -0.05) is 25.5 Å². The number of aliphatic hydroxyl groups excluding tert-OH is 1. The molecule has 3 nitrogen and oxygen atoms in total. The smallest absolute Gasteiger partial charge is 0.251 e. The summed E-state index contributed by atoms with van der Waals surface area (Å²) in [6.07, 6.45) is 4.94. The molecule has 3 heteroatoms. The van der Waals surface area contributed by atoms with Crippen LogP contribution >= 0.6 is 0 Å². The number of hydrogen-bond acceptors (Lipinski definition) is 2. The number of unbranched alkanes of at least 4 members (excludes halogenated alkanes) is 1. The summed E-state index contributed by atoms with van der Waals surface area (Å²) in [6.45, 7) is 2.85. The van der Waals surface area contributed by atoms with Crippen LogP contribution in [0, 0.1) is 5.92 Å². The fraction of sp³-hybridized carbons (Fsp3) is 0.562. The molecule has 1 fully saturated rings. The molecule has 2 rings (SSSR count). The highest BCUT2D eigenvalue weighted by molar-refractivity contribution is 5.94. The molecule has 1 aliphatic rings. The fourth-order valence-electron chi connectivity index (χ4n) is 2.41. The van der Waals surface area contributed by atoms with Gasteiger partial charge in [0.25, 0.3) is 5.91 Å². The highest BCUT2D eigenvalue weighted by atomic mass is 16.3. The van der Waals surface area contributed by atoms with Crippen molar-refractivity contribution in [1.29, 1.82) is 0 Å². The van der Waals surface area contributed by atoms with E-state index in [0.29, 0.717) is 12.5 Å². The number of carbonyl (C=O) groups is 1. The van der Waals surface area contributed by atoms with E-state index in [1.54, 1.807) is 0 Å². The van der Waals surface area contributed by atoms with Gasteiger partial charge in [0.15, 0.2) is 0 Å². The molecule has 1 saturated carbocycles. The lowest BCUT2D eigenvalue weighted by Crippen LogP contribution is -2.38. The van der Waals surface area contributed by atoms with E-state index < -0.39 is 0 Å². The van der Waals surface area contributed by atoms with Crippen LogP contribution in [0.1, 0.15) is 48.5 Å². The Morgan fingerprint density at radius 1 is 1.32 bits per heavy atom. The van der Waals surface area contributed by atoms with Crippen LogP contribution in [-0.2, 0) is 6.42 Å². The highest BCUT2D eigenvalue weighted by Crippen LogP contribution is 2.26. The molecule has 1 aromatic carbocycles. The molecule has 0 bridgehead atoms. The Balaban J connectivity index is 1.78. The summed E-state index contributed by atoms with van der Waals surface area (Å²) in [7, 11) is 0. The standard InChI is InChI=1S/C16H23NO2/c1-2-3-4-12-5-7-14(8-6-12)16(19)17-11-13-9-15(18)10-13/h5-8,13,15,18H,2-4,9-11H2,1H3,(H,17,19). The van der Waals surface area contributed by atoms with Gasteiger partial charge >= 0.3 is 0 Å². The third-order valence-corrected chi connectivity index (χ3v) is 3.80. The normalized spacial score (nSPS) is 21.8. The van der Waals surface area contributed by atoms with Crippen molar-refractivity contribution in [2.24, 2.45) is 5.92 Å². The van der Waals surface area contributed by atoms with Gasteiger partial charge in [-0.25, -0.2) is 0 Å². The maximum Gasteiger partial charge on any atom is 0.251 e. The molecule has 104 valence electrons. The number of aryl methyl sites for hydroxylation is 1. The lowest BCUT2D eigenvalue weighted by atomic mass is 9.82. The van der Waals surface area contributed by atoms with Crippen molar-refractivity contribution in [2.45, 2.75) is 45.1 Å². The van der Waals surface area contributed by atoms with Crippen LogP contribution in [0.2, 0.25) is 0 Å². The molecule has 1 aliphatic carbocycles. The number of aliphatic hydroxyl groups is 1. The lowest BCUT2D eigenvalue weighted by molar-refractivity contribution is 0.0420. The van der Waals surface area contributed by atoms with Crippen molar-refractivity contribution in [1.82, 2.24) is 5.32 Å². The van der Waals surface area contributed by atoms with Crippen molar-refractivity contribution in [2.75, 3.05) is 6.54 Å². The van der Waals surface area contributed by atoms with E-state index in [1.165, 1.54) is 18.4 Å². The SMILES string of the molecule is CCCCc1ccc(C(=O)NCC2CC(O)C2)cc1. The lowest BCUT2D eigenvalue weighted by Gasteiger charge is -2.31. The van der Waals surface area contributed by atoms with Gasteiger partial charge < -0.3 is 10.4 Å². The molecule has 1 amide bonds. The second kappa shape index (κ2) is 6.71. The zero-order valence-electron chi connectivity index (χ0n) is 11.6. The first-order valence-electron chi connectivity index (χ1n) is 7.24. The first-order chi connectivity index (χ1) is 9.19. The fourth-order valence-corrected chi connectivity index (χ4v) is 2.41. The maximum atomic E-state index is 11.9. The summed E-state index contributed by atoms with van der Waals surface area (Å²) in [5.74, 6) is 0.436. The monoisotopic (exact) mass is 261 g/mol. The predicted molar refractivity (Wildman–Crippen MR) is 76.1 cm³/mol. The van der Waals surface area contributed by atoms with E-state index in [2.05, 4.69) is 12.2 Å². The molecule has 0 unspecified atom stereocenters. The van der Waals surface area contributed by atoms with Crippen molar-refractivity contribution in [3.8, 4) is 0 Å². The van der Waals surface area contributed by atoms with Crippen LogP contribution in [0.4, 0.5) is 0 Å². The summed E-state index contributed by atoms with van der Waals surface area (Å²) in [5, 5.41) is 12.1. The van der Waals surface area contributed by atoms with Gasteiger partial charge in [-0.2, -0.15) is 0 Å². The van der Waals surface area contributed by atoms with Crippen LogP contribution in [-0.4, -0.2) is 23.7 Å². The molecule has 0 atom stereocenters. The highest BCUT2D eigenvalue weighted by Gasteiger charge is 2.27. The van der Waals surface area contributed by atoms with Gasteiger partial charge in [0.1, 0.15) is 0 Å². The van der Waals surface area contributed by atoms with Crippen molar-refractivity contribution >= 4 is 5.91 Å². The van der Waals surface area contributed by atoms with E-state index in [4.69, 9.17) is 0 Å². The first-order valence-corrected chi connectivity index (χ1v) is 7.24. The van der Waals surface area contributed by atoms with Gasteiger partial charge in [0.2, 0.25) is 0 Å². The number of benzene rings is 1. The average Bonchev–Trinajstić information content (AvgIpc) is 2.40. The Bertz CT molecular complexity index is 407. The van der Waals surface area contributed by atoms with Crippen molar-refractivity contribution < 1.29 is 9.90 Å². The summed E-state index contributed by atoms with van der Waals surface area (Å²) < 4.78 is 0. The van der Waals surface area contributed by atoms with Crippen molar-refractivity contribution in [3.63, 3.8) is 0 Å². The van der Waals surface area contributed by atoms with Crippen LogP contribution < -0.4 is 5.32 Å². The van der Waals surface area contributed by atoms with Gasteiger partial charge in [-0.3, -0.25) is 4.79 Å². The average molecular weight is 261 g/mol. The van der Waals surface area contributed by atoms with Crippen LogP contribution in [0.25, 0.3) is 0 Å². The minimum Gasteiger partial charge on any atom is -0.393 e. The second-order valence-corrected chi connectivity index (χ2v) is 5.50. The minimum atomic E-state index is -0.153. The van der Waals surface area contributed by atoms with Gasteiger partial charge in [0, 0.05) is 12.1 Å². The molecule has 2 N–H and O–H groups in total. The van der Waals surface area contributed by atoms with Gasteiger partial charge in [-0.05, 0) is 49.3 Å². The Kier molecular flexibility index (Phi) is 4.97. The summed E-state index contributed by atoms with van der Waals surface area (Å²) >= 11 is 0. The van der Waals surface area contributed by atoms with Crippen LogP contribution in [0.5, 0.6) is 0 Å². The van der Waals surface area contributed by atoms with Crippen LogP contribution in [0.3, 0.4) is 0 Å². The second-order valence-electron chi connectivity index (χ2n) is 5.50. The molecule has 0 heterocycles. The number of carbonyl (C=O) groups excluding carboxylic acids is 1. The molecule has 0 aromatic heterocycles. The summed E-state index contributed by atoms with van der Waals surface area (Å²) in [4.78, 5) is 11.9. The molecule has 0 aliphatic heterocycles. The van der Waals surface area contributed by atoms with Gasteiger partial charge in [0.05, 0.1) is 6.10 Å². The Morgan fingerprint density at radius 2 is 2.00 bits per heavy atom. The molecule has 0 radical (unpaired) electrons. The summed E-state index contributed by atoms with van der Waals surface area (Å²) in [5.41, 5.74) is 2.01.